The highest BCUT2D eigenvalue weighted by Gasteiger charge is 2.38. The molecule has 0 spiro atoms. The molecule has 2 heterocycles. The van der Waals surface area contributed by atoms with Crippen LogP contribution in [0.4, 0.5) is 0 Å². The molecule has 1 saturated heterocycles. The molecule has 15 heteroatoms. The lowest BCUT2D eigenvalue weighted by Gasteiger charge is -2.30. The van der Waals surface area contributed by atoms with Crippen molar-refractivity contribution in [2.24, 2.45) is 11.7 Å². The first-order valence-electron chi connectivity index (χ1n) is 20.5. The molecule has 2 aromatic carbocycles. The molecule has 7 atom stereocenters. The number of hydrogen-bond donors (Lipinski definition) is 8. The van der Waals surface area contributed by atoms with E-state index in [1.165, 1.54) is 12.8 Å². The van der Waals surface area contributed by atoms with Crippen LogP contribution in [0.15, 0.2) is 60.8 Å². The number of rotatable bonds is 17. The number of nitrogens with one attached hydrogen (secondary N) is 5. The van der Waals surface area contributed by atoms with E-state index in [-0.39, 0.29) is 19.3 Å². The number of carbonyl (C=O) groups is 6. The maximum absolute atomic E-state index is 14.1. The number of fused-ring (bicyclic) bond motifs is 1. The second kappa shape index (κ2) is 23.2. The second-order valence-electron chi connectivity index (χ2n) is 15.3. The minimum absolute atomic E-state index is 0.0756. The SMILES string of the molecule is CCCCCCCCCCC(C)C1OC(=O)C[C@@H](c2ccccc2)NC(=O)[C@H](CCC(N)=O)NC(=O)[C@H](Cc2c[nH]c3ccccc23)NC(=O)[C@@H](CO)NC(=O)C1O. The summed E-state index contributed by atoms with van der Waals surface area (Å²) in [7, 11) is 0. The molecule has 3 unspecified atom stereocenters. The predicted octanol–water partition coefficient (Wildman–Crippen LogP) is 3.12. The van der Waals surface area contributed by atoms with E-state index in [1.807, 2.05) is 24.3 Å². The molecule has 0 aliphatic carbocycles. The number of hydrogen-bond acceptors (Lipinski definition) is 9. The van der Waals surface area contributed by atoms with Gasteiger partial charge in [-0.1, -0.05) is 114 Å². The van der Waals surface area contributed by atoms with E-state index in [4.69, 9.17) is 10.5 Å². The highest BCUT2D eigenvalue weighted by molar-refractivity contribution is 5.96. The molecule has 3 aromatic rings. The molecule has 4 rings (SSSR count). The second-order valence-corrected chi connectivity index (χ2v) is 15.3. The molecule has 5 amide bonds. The van der Waals surface area contributed by atoms with Gasteiger partial charge in [0, 0.05) is 29.9 Å². The highest BCUT2D eigenvalue weighted by atomic mass is 16.6. The van der Waals surface area contributed by atoms with Crippen LogP contribution in [0.3, 0.4) is 0 Å². The molecule has 0 radical (unpaired) electrons. The summed E-state index contributed by atoms with van der Waals surface area (Å²) in [5.74, 6) is -5.59. The Bertz CT molecular complexity index is 1820. The van der Waals surface area contributed by atoms with Gasteiger partial charge in [0.25, 0.3) is 5.91 Å². The van der Waals surface area contributed by atoms with Gasteiger partial charge in [0.1, 0.15) is 24.2 Å². The maximum atomic E-state index is 14.1. The van der Waals surface area contributed by atoms with Crippen LogP contribution in [0.1, 0.15) is 108 Å². The van der Waals surface area contributed by atoms with Crippen molar-refractivity contribution < 1.29 is 43.7 Å². The molecule has 1 fully saturated rings. The minimum Gasteiger partial charge on any atom is -0.459 e. The fourth-order valence-corrected chi connectivity index (χ4v) is 7.26. The average Bonchev–Trinajstić information content (AvgIpc) is 3.62. The summed E-state index contributed by atoms with van der Waals surface area (Å²) in [6, 6.07) is 10.6. The molecule has 58 heavy (non-hydrogen) atoms. The first-order valence-corrected chi connectivity index (χ1v) is 20.5. The summed E-state index contributed by atoms with van der Waals surface area (Å²) in [6.07, 6.45) is 6.46. The Kier molecular flexibility index (Phi) is 18.2. The summed E-state index contributed by atoms with van der Waals surface area (Å²) in [6.45, 7) is 3.04. The lowest BCUT2D eigenvalue weighted by atomic mass is 9.92. The average molecular weight is 805 g/mol. The van der Waals surface area contributed by atoms with Gasteiger partial charge in [-0.25, -0.2) is 0 Å². The van der Waals surface area contributed by atoms with Gasteiger partial charge in [-0.15, -0.1) is 0 Å². The molecule has 0 saturated carbocycles. The van der Waals surface area contributed by atoms with Crippen molar-refractivity contribution in [1.82, 2.24) is 26.3 Å². The van der Waals surface area contributed by atoms with Crippen LogP contribution in [0.25, 0.3) is 10.9 Å². The lowest BCUT2D eigenvalue weighted by molar-refractivity contribution is -0.164. The third-order valence-corrected chi connectivity index (χ3v) is 10.7. The molecule has 1 aliphatic rings. The zero-order valence-corrected chi connectivity index (χ0v) is 33.5. The Hall–Kier alpha value is -5.28. The van der Waals surface area contributed by atoms with E-state index in [0.29, 0.717) is 17.5 Å². The predicted molar refractivity (Wildman–Crippen MR) is 218 cm³/mol. The Balaban J connectivity index is 1.68. The molecule has 1 aromatic heterocycles. The number of H-pyrrole nitrogens is 1. The van der Waals surface area contributed by atoms with E-state index in [2.05, 4.69) is 33.2 Å². The molecule has 9 N–H and O–H groups in total. The maximum Gasteiger partial charge on any atom is 0.308 e. The summed E-state index contributed by atoms with van der Waals surface area (Å²) >= 11 is 0. The highest BCUT2D eigenvalue weighted by Crippen LogP contribution is 2.25. The van der Waals surface area contributed by atoms with Crippen LogP contribution in [0.2, 0.25) is 0 Å². The number of aromatic nitrogens is 1. The number of primary amides is 1. The number of aliphatic hydroxyl groups excluding tert-OH is 2. The number of benzene rings is 2. The molecule has 316 valence electrons. The van der Waals surface area contributed by atoms with E-state index in [0.717, 1.165) is 49.4 Å². The van der Waals surface area contributed by atoms with Crippen LogP contribution < -0.4 is 27.0 Å². The Morgan fingerprint density at radius 2 is 1.40 bits per heavy atom. The van der Waals surface area contributed by atoms with Gasteiger partial charge < -0.3 is 46.9 Å². The van der Waals surface area contributed by atoms with Gasteiger partial charge >= 0.3 is 5.97 Å². The summed E-state index contributed by atoms with van der Waals surface area (Å²) in [5.41, 5.74) is 7.40. The zero-order chi connectivity index (χ0) is 42.0. The Morgan fingerprint density at radius 3 is 2.09 bits per heavy atom. The molecular formula is C43H60N6O9. The number of aliphatic hydroxyl groups is 2. The summed E-state index contributed by atoms with van der Waals surface area (Å²) in [5, 5.41) is 33.0. The standard InChI is InChI=1S/C43H60N6O9/c1-3-4-5-6-7-8-9-11-16-27(2)39-38(53)43(57)49-35(26-50)42(56)48-34(23-29-25-45-31-20-15-14-19-30(29)31)41(55)46-32(21-22-36(44)51)40(54)47-33(24-37(52)58-39)28-17-12-10-13-18-28/h10,12-15,17-20,25,27,32-35,38-39,45,50,53H,3-9,11,16,21-24,26H2,1-2H3,(H2,44,51)(H,46,55)(H,47,54)(H,48,56)(H,49,57)/t27?,32-,33-,34-,35+,38?,39?/m0/s1. The fourth-order valence-electron chi connectivity index (χ4n) is 7.26. The number of amides is 5. The normalized spacial score (nSPS) is 23.2. The summed E-state index contributed by atoms with van der Waals surface area (Å²) < 4.78 is 5.86. The van der Waals surface area contributed by atoms with Gasteiger partial charge in [0.2, 0.25) is 23.6 Å². The minimum atomic E-state index is -1.93. The number of unbranched alkanes of at least 4 members (excludes halogenated alkanes) is 7. The fraction of sp³-hybridized carbons (Fsp3) is 0.535. The van der Waals surface area contributed by atoms with Crippen LogP contribution in [0, 0.1) is 5.92 Å². The smallest absolute Gasteiger partial charge is 0.308 e. The van der Waals surface area contributed by atoms with E-state index >= 15 is 0 Å². The van der Waals surface area contributed by atoms with Crippen LogP contribution in [-0.2, 0) is 39.9 Å². The number of cyclic esters (lactones) is 1. The first kappa shape index (κ1) is 45.4. The topological polar surface area (TPSA) is 242 Å². The van der Waals surface area contributed by atoms with Gasteiger partial charge in [0.05, 0.1) is 19.1 Å². The van der Waals surface area contributed by atoms with Crippen molar-refractivity contribution in [1.29, 1.82) is 0 Å². The van der Waals surface area contributed by atoms with Crippen molar-refractivity contribution in [2.75, 3.05) is 6.61 Å². The molecule has 0 bridgehead atoms. The van der Waals surface area contributed by atoms with E-state index in [1.54, 1.807) is 43.5 Å². The Labute approximate surface area is 339 Å². The van der Waals surface area contributed by atoms with Gasteiger partial charge in [-0.3, -0.25) is 28.8 Å². The summed E-state index contributed by atoms with van der Waals surface area (Å²) in [4.78, 5) is 84.2. The van der Waals surface area contributed by atoms with Crippen molar-refractivity contribution in [3.8, 4) is 0 Å². The largest absolute Gasteiger partial charge is 0.459 e. The van der Waals surface area contributed by atoms with Crippen molar-refractivity contribution >= 4 is 46.4 Å². The molecular weight excluding hydrogens is 745 g/mol. The monoisotopic (exact) mass is 804 g/mol. The van der Waals surface area contributed by atoms with Crippen LogP contribution >= 0.6 is 0 Å². The van der Waals surface area contributed by atoms with Gasteiger partial charge in [-0.2, -0.15) is 0 Å². The number of esters is 1. The third-order valence-electron chi connectivity index (χ3n) is 10.7. The number of para-hydroxylation sites is 1. The first-order chi connectivity index (χ1) is 27.9. The lowest BCUT2D eigenvalue weighted by Crippen LogP contribution is -2.59. The number of ether oxygens (including phenoxy) is 1. The third kappa shape index (κ3) is 13.7. The van der Waals surface area contributed by atoms with Gasteiger partial charge in [-0.05, 0) is 36.0 Å². The van der Waals surface area contributed by atoms with E-state index < -0.39 is 90.8 Å². The molecule has 15 nitrogen and oxygen atoms in total. The van der Waals surface area contributed by atoms with Crippen molar-refractivity contribution in [3.63, 3.8) is 0 Å². The van der Waals surface area contributed by atoms with Crippen molar-refractivity contribution in [3.05, 3.63) is 71.9 Å². The molecule has 1 aliphatic heterocycles. The van der Waals surface area contributed by atoms with Crippen molar-refractivity contribution in [2.45, 2.75) is 134 Å². The zero-order valence-electron chi connectivity index (χ0n) is 33.5. The number of aromatic amines is 1. The van der Waals surface area contributed by atoms with Gasteiger partial charge in [0.15, 0.2) is 6.10 Å². The quantitative estimate of drug-likeness (QED) is 0.0738. The Morgan fingerprint density at radius 1 is 0.793 bits per heavy atom. The number of nitrogens with two attached hydrogens (primary N) is 1. The number of carbonyl (C=O) groups excluding carboxylic acids is 6. The van der Waals surface area contributed by atoms with E-state index in [9.17, 15) is 39.0 Å². The van der Waals surface area contributed by atoms with Crippen LogP contribution in [0.5, 0.6) is 0 Å². The van der Waals surface area contributed by atoms with Crippen LogP contribution in [-0.4, -0.2) is 87.6 Å².